The van der Waals surface area contributed by atoms with Crippen molar-refractivity contribution in [1.82, 2.24) is 0 Å². The Kier molecular flexibility index (Phi) is 6.74. The molecule has 0 saturated heterocycles. The van der Waals surface area contributed by atoms with Crippen LogP contribution in [0.15, 0.2) is 22.7 Å². The van der Waals surface area contributed by atoms with E-state index in [1.165, 1.54) is 12.5 Å². The van der Waals surface area contributed by atoms with Gasteiger partial charge in [0.2, 0.25) is 0 Å². The van der Waals surface area contributed by atoms with Crippen molar-refractivity contribution < 1.29 is 9.50 Å². The van der Waals surface area contributed by atoms with E-state index < -0.39 is 12.1 Å². The van der Waals surface area contributed by atoms with Crippen LogP contribution in [0.25, 0.3) is 0 Å². The van der Waals surface area contributed by atoms with Crippen LogP contribution in [0.5, 0.6) is 0 Å². The molecule has 0 bridgehead atoms. The van der Waals surface area contributed by atoms with Crippen LogP contribution in [0, 0.1) is 11.7 Å². The number of aliphatic hydroxyl groups is 1. The molecule has 2 nitrogen and oxygen atoms in total. The minimum Gasteiger partial charge on any atom is -0.391 e. The zero-order valence-electron chi connectivity index (χ0n) is 10.7. The molecule has 0 heterocycles. The van der Waals surface area contributed by atoms with Crippen LogP contribution < -0.4 is 5.73 Å². The van der Waals surface area contributed by atoms with Crippen molar-refractivity contribution in [2.24, 2.45) is 11.7 Å². The van der Waals surface area contributed by atoms with E-state index in [4.69, 9.17) is 5.73 Å². The lowest BCUT2D eigenvalue weighted by Crippen LogP contribution is -2.34. The molecule has 1 fully saturated rings. The SMILES string of the molecule is Cl.N[C@@H](c1ccc(Br)c(F)c1)[C@H](O)C1CCCCC1. The first-order valence-electron chi connectivity index (χ1n) is 6.48. The van der Waals surface area contributed by atoms with E-state index in [2.05, 4.69) is 15.9 Å². The Bertz CT molecular complexity index is 412. The fourth-order valence-corrected chi connectivity index (χ4v) is 2.93. The van der Waals surface area contributed by atoms with Crippen molar-refractivity contribution in [1.29, 1.82) is 0 Å². The predicted molar refractivity (Wildman–Crippen MR) is 80.9 cm³/mol. The van der Waals surface area contributed by atoms with Crippen LogP contribution >= 0.6 is 28.3 Å². The monoisotopic (exact) mass is 351 g/mol. The molecule has 0 unspecified atom stereocenters. The van der Waals surface area contributed by atoms with Gasteiger partial charge in [0.25, 0.3) is 0 Å². The summed E-state index contributed by atoms with van der Waals surface area (Å²) < 4.78 is 13.9. The molecule has 0 spiro atoms. The zero-order valence-corrected chi connectivity index (χ0v) is 13.1. The van der Waals surface area contributed by atoms with E-state index in [0.29, 0.717) is 10.0 Å². The second kappa shape index (κ2) is 7.58. The highest BCUT2D eigenvalue weighted by atomic mass is 79.9. The van der Waals surface area contributed by atoms with Crippen LogP contribution in [-0.4, -0.2) is 11.2 Å². The van der Waals surface area contributed by atoms with E-state index >= 15 is 0 Å². The highest BCUT2D eigenvalue weighted by Crippen LogP contribution is 2.32. The van der Waals surface area contributed by atoms with Gasteiger partial charge in [0.1, 0.15) is 5.82 Å². The Labute approximate surface area is 128 Å². The predicted octanol–water partition coefficient (Wildman–Crippen LogP) is 3.95. The summed E-state index contributed by atoms with van der Waals surface area (Å²) in [6.07, 6.45) is 5.02. The minimum atomic E-state index is -0.578. The zero-order chi connectivity index (χ0) is 13.1. The van der Waals surface area contributed by atoms with Crippen molar-refractivity contribution in [3.63, 3.8) is 0 Å². The number of hydrogen-bond donors (Lipinski definition) is 2. The minimum absolute atomic E-state index is 0. The fraction of sp³-hybridized carbons (Fsp3) is 0.571. The maximum atomic E-state index is 13.5. The molecule has 5 heteroatoms. The smallest absolute Gasteiger partial charge is 0.137 e. The number of hydrogen-bond acceptors (Lipinski definition) is 2. The van der Waals surface area contributed by atoms with Crippen molar-refractivity contribution in [3.05, 3.63) is 34.1 Å². The van der Waals surface area contributed by atoms with Gasteiger partial charge in [-0.1, -0.05) is 25.3 Å². The van der Waals surface area contributed by atoms with E-state index in [1.807, 2.05) is 0 Å². The second-order valence-corrected chi connectivity index (χ2v) is 5.94. The van der Waals surface area contributed by atoms with Gasteiger partial charge < -0.3 is 10.8 Å². The summed E-state index contributed by atoms with van der Waals surface area (Å²) >= 11 is 3.11. The van der Waals surface area contributed by atoms with Crippen molar-refractivity contribution >= 4 is 28.3 Å². The lowest BCUT2D eigenvalue weighted by atomic mass is 9.81. The number of benzene rings is 1. The molecule has 1 saturated carbocycles. The summed E-state index contributed by atoms with van der Waals surface area (Å²) in [6, 6.07) is 4.30. The molecule has 0 radical (unpaired) electrons. The van der Waals surface area contributed by atoms with Gasteiger partial charge in [0.15, 0.2) is 0 Å². The highest BCUT2D eigenvalue weighted by molar-refractivity contribution is 9.10. The molecule has 1 aliphatic carbocycles. The highest BCUT2D eigenvalue weighted by Gasteiger charge is 2.27. The first kappa shape index (κ1) is 16.9. The first-order chi connectivity index (χ1) is 8.59. The molecule has 1 aromatic carbocycles. The van der Waals surface area contributed by atoms with Gasteiger partial charge in [-0.05, 0) is 52.4 Å². The van der Waals surface area contributed by atoms with Crippen LogP contribution in [0.1, 0.15) is 43.7 Å². The van der Waals surface area contributed by atoms with E-state index in [1.54, 1.807) is 12.1 Å². The normalized spacial score (nSPS) is 19.6. The second-order valence-electron chi connectivity index (χ2n) is 5.09. The molecule has 3 N–H and O–H groups in total. The molecule has 0 aliphatic heterocycles. The van der Waals surface area contributed by atoms with Gasteiger partial charge in [-0.2, -0.15) is 0 Å². The summed E-state index contributed by atoms with van der Waals surface area (Å²) in [5.74, 6) is -0.0840. The topological polar surface area (TPSA) is 46.2 Å². The third kappa shape index (κ3) is 4.15. The maximum absolute atomic E-state index is 13.5. The summed E-state index contributed by atoms with van der Waals surface area (Å²) in [5, 5.41) is 10.3. The summed E-state index contributed by atoms with van der Waals surface area (Å²) in [7, 11) is 0. The molecule has 2 atom stereocenters. The third-order valence-electron chi connectivity index (χ3n) is 3.83. The van der Waals surface area contributed by atoms with E-state index in [9.17, 15) is 9.50 Å². The lowest BCUT2D eigenvalue weighted by Gasteiger charge is -2.30. The van der Waals surface area contributed by atoms with Gasteiger partial charge >= 0.3 is 0 Å². The number of halogens is 3. The van der Waals surface area contributed by atoms with Crippen molar-refractivity contribution in [3.8, 4) is 0 Å². The van der Waals surface area contributed by atoms with Crippen LogP contribution in [0.2, 0.25) is 0 Å². The molecular weight excluding hydrogens is 333 g/mol. The molecule has 19 heavy (non-hydrogen) atoms. The Morgan fingerprint density at radius 2 is 1.89 bits per heavy atom. The number of rotatable bonds is 3. The largest absolute Gasteiger partial charge is 0.391 e. The van der Waals surface area contributed by atoms with E-state index in [0.717, 1.165) is 25.7 Å². The van der Waals surface area contributed by atoms with E-state index in [-0.39, 0.29) is 24.1 Å². The van der Waals surface area contributed by atoms with Crippen LogP contribution in [0.4, 0.5) is 4.39 Å². The number of aliphatic hydroxyl groups excluding tert-OH is 1. The van der Waals surface area contributed by atoms with Gasteiger partial charge in [-0.15, -0.1) is 12.4 Å². The van der Waals surface area contributed by atoms with Gasteiger partial charge in [-0.25, -0.2) is 4.39 Å². The molecule has 2 rings (SSSR count). The average molecular weight is 353 g/mol. The average Bonchev–Trinajstić information content (AvgIpc) is 2.41. The van der Waals surface area contributed by atoms with Gasteiger partial charge in [-0.3, -0.25) is 0 Å². The van der Waals surface area contributed by atoms with Crippen molar-refractivity contribution in [2.45, 2.75) is 44.2 Å². The molecule has 0 amide bonds. The number of nitrogens with two attached hydrogens (primary N) is 1. The quantitative estimate of drug-likeness (QED) is 0.865. The van der Waals surface area contributed by atoms with Gasteiger partial charge in [0.05, 0.1) is 16.6 Å². The molecule has 1 aromatic rings. The summed E-state index contributed by atoms with van der Waals surface area (Å²) in [5.41, 5.74) is 6.72. The van der Waals surface area contributed by atoms with Gasteiger partial charge in [0, 0.05) is 0 Å². The Hall–Kier alpha value is -0.160. The first-order valence-corrected chi connectivity index (χ1v) is 7.27. The molecule has 0 aromatic heterocycles. The fourth-order valence-electron chi connectivity index (χ4n) is 2.69. The van der Waals surface area contributed by atoms with Crippen LogP contribution in [0.3, 0.4) is 0 Å². The maximum Gasteiger partial charge on any atom is 0.137 e. The summed E-state index contributed by atoms with van der Waals surface area (Å²) in [6.45, 7) is 0. The Balaban J connectivity index is 0.00000180. The summed E-state index contributed by atoms with van der Waals surface area (Å²) in [4.78, 5) is 0. The molecule has 1 aliphatic rings. The lowest BCUT2D eigenvalue weighted by molar-refractivity contribution is 0.0617. The molecular formula is C14H20BrClFNO. The third-order valence-corrected chi connectivity index (χ3v) is 4.47. The Morgan fingerprint density at radius 1 is 1.26 bits per heavy atom. The van der Waals surface area contributed by atoms with Crippen LogP contribution in [-0.2, 0) is 0 Å². The Morgan fingerprint density at radius 3 is 2.47 bits per heavy atom. The molecule has 108 valence electrons. The standard InChI is InChI=1S/C14H19BrFNO.ClH/c15-11-7-6-10(8-12(11)16)13(17)14(18)9-4-2-1-3-5-9;/h6-9,13-14,18H,1-5,17H2;1H/t13-,14+;/m0./s1. The van der Waals surface area contributed by atoms with Crippen molar-refractivity contribution in [2.75, 3.05) is 0 Å².